The van der Waals surface area contributed by atoms with Gasteiger partial charge in [0.2, 0.25) is 5.91 Å². The fourth-order valence-electron chi connectivity index (χ4n) is 2.69. The number of rotatable bonds is 7. The molecule has 0 aromatic heterocycles. The van der Waals surface area contributed by atoms with Gasteiger partial charge in [-0.25, -0.2) is 0 Å². The third kappa shape index (κ3) is 4.65. The molecule has 0 fully saturated rings. The van der Waals surface area contributed by atoms with E-state index in [1.54, 1.807) is 7.05 Å². The van der Waals surface area contributed by atoms with E-state index in [2.05, 4.69) is 10.6 Å². The SMILES string of the molecule is CN/C(=C\N)CCOc1ccc2c(c1)CNC(=O)C(CC(=O)O)C2. The maximum absolute atomic E-state index is 12.0. The van der Waals surface area contributed by atoms with E-state index in [-0.39, 0.29) is 12.3 Å². The average Bonchev–Trinajstić information content (AvgIpc) is 2.71. The summed E-state index contributed by atoms with van der Waals surface area (Å²) in [5, 5.41) is 14.7. The molecule has 1 aromatic carbocycles. The molecule has 2 rings (SSSR count). The minimum Gasteiger partial charge on any atom is -0.493 e. The third-order valence-electron chi connectivity index (χ3n) is 4.05. The van der Waals surface area contributed by atoms with Crippen LogP contribution in [0.25, 0.3) is 0 Å². The summed E-state index contributed by atoms with van der Waals surface area (Å²) in [6.45, 7) is 0.864. The molecule has 0 saturated carbocycles. The van der Waals surface area contributed by atoms with Gasteiger partial charge in [0.15, 0.2) is 0 Å². The summed E-state index contributed by atoms with van der Waals surface area (Å²) in [7, 11) is 1.80. The fourth-order valence-corrected chi connectivity index (χ4v) is 2.69. The minimum atomic E-state index is -0.966. The Kier molecular flexibility index (Phi) is 6.06. The van der Waals surface area contributed by atoms with Gasteiger partial charge in [-0.1, -0.05) is 6.07 Å². The Morgan fingerprint density at radius 2 is 2.29 bits per heavy atom. The van der Waals surface area contributed by atoms with Crippen LogP contribution >= 0.6 is 0 Å². The van der Waals surface area contributed by atoms with E-state index in [4.69, 9.17) is 15.6 Å². The van der Waals surface area contributed by atoms with E-state index in [1.165, 1.54) is 6.20 Å². The van der Waals surface area contributed by atoms with E-state index in [0.717, 1.165) is 16.8 Å². The summed E-state index contributed by atoms with van der Waals surface area (Å²) in [4.78, 5) is 22.9. The minimum absolute atomic E-state index is 0.165. The maximum atomic E-state index is 12.0. The van der Waals surface area contributed by atoms with E-state index in [0.29, 0.717) is 31.7 Å². The molecule has 0 bridgehead atoms. The molecule has 24 heavy (non-hydrogen) atoms. The Morgan fingerprint density at radius 3 is 2.96 bits per heavy atom. The van der Waals surface area contributed by atoms with Crippen LogP contribution in [0.4, 0.5) is 0 Å². The number of benzene rings is 1. The fraction of sp³-hybridized carbons (Fsp3) is 0.412. The van der Waals surface area contributed by atoms with Crippen molar-refractivity contribution in [2.45, 2.75) is 25.8 Å². The van der Waals surface area contributed by atoms with E-state index in [9.17, 15) is 9.59 Å². The van der Waals surface area contributed by atoms with Crippen LogP contribution in [0.1, 0.15) is 24.0 Å². The molecule has 7 nitrogen and oxygen atoms in total. The van der Waals surface area contributed by atoms with Crippen LogP contribution in [0, 0.1) is 5.92 Å². The molecular formula is C17H23N3O4. The van der Waals surface area contributed by atoms with Crippen molar-refractivity contribution < 1.29 is 19.4 Å². The van der Waals surface area contributed by atoms with Crippen molar-refractivity contribution in [1.82, 2.24) is 10.6 Å². The lowest BCUT2D eigenvalue weighted by molar-refractivity contribution is -0.141. The third-order valence-corrected chi connectivity index (χ3v) is 4.05. The van der Waals surface area contributed by atoms with Crippen LogP contribution in [-0.4, -0.2) is 30.6 Å². The molecule has 1 amide bonds. The first-order valence-corrected chi connectivity index (χ1v) is 7.86. The highest BCUT2D eigenvalue weighted by Crippen LogP contribution is 2.24. The van der Waals surface area contributed by atoms with E-state index in [1.807, 2.05) is 18.2 Å². The molecule has 7 heteroatoms. The number of nitrogens with one attached hydrogen (secondary N) is 2. The first-order chi connectivity index (χ1) is 11.5. The van der Waals surface area contributed by atoms with Crippen LogP contribution in [0.15, 0.2) is 30.1 Å². The number of hydrogen-bond acceptors (Lipinski definition) is 5. The van der Waals surface area contributed by atoms with Gasteiger partial charge in [0, 0.05) is 31.9 Å². The predicted molar refractivity (Wildman–Crippen MR) is 89.2 cm³/mol. The molecule has 1 heterocycles. The Bertz CT molecular complexity index is 643. The van der Waals surface area contributed by atoms with Gasteiger partial charge in [0.25, 0.3) is 0 Å². The summed E-state index contributed by atoms with van der Waals surface area (Å²) in [5.41, 5.74) is 8.30. The predicted octanol–water partition coefficient (Wildman–Crippen LogP) is 0.738. The zero-order valence-corrected chi connectivity index (χ0v) is 13.7. The monoisotopic (exact) mass is 333 g/mol. The molecule has 0 spiro atoms. The molecule has 5 N–H and O–H groups in total. The smallest absolute Gasteiger partial charge is 0.304 e. The standard InChI is InChI=1S/C17H23N3O4/c1-19-14(9-18)4-5-24-15-3-2-11-6-12(8-16(21)22)17(23)20-10-13(11)7-15/h2-3,7,9,12,19H,4-6,8,10,18H2,1H3,(H,20,23)(H,21,22)/b14-9-. The zero-order valence-electron chi connectivity index (χ0n) is 13.7. The van der Waals surface area contributed by atoms with Gasteiger partial charge in [0.1, 0.15) is 5.75 Å². The lowest BCUT2D eigenvalue weighted by Crippen LogP contribution is -2.30. The molecule has 1 atom stereocenters. The maximum Gasteiger partial charge on any atom is 0.304 e. The van der Waals surface area contributed by atoms with Gasteiger partial charge in [-0.15, -0.1) is 0 Å². The Hall–Kier alpha value is -2.70. The summed E-state index contributed by atoms with van der Waals surface area (Å²) in [5.74, 6) is -1.01. The van der Waals surface area contributed by atoms with Crippen molar-refractivity contribution in [3.63, 3.8) is 0 Å². The molecular weight excluding hydrogens is 310 g/mol. The number of carbonyl (C=O) groups excluding carboxylic acids is 1. The van der Waals surface area contributed by atoms with Crippen LogP contribution < -0.4 is 21.1 Å². The quantitative estimate of drug-likeness (QED) is 0.585. The molecule has 1 unspecified atom stereocenters. The Labute approximate surface area is 140 Å². The normalized spacial score (nSPS) is 17.5. The number of amides is 1. The number of carboxylic acids is 1. The van der Waals surface area contributed by atoms with Crippen molar-refractivity contribution in [2.24, 2.45) is 11.7 Å². The van der Waals surface area contributed by atoms with Crippen molar-refractivity contribution >= 4 is 11.9 Å². The first kappa shape index (κ1) is 17.7. The number of aliphatic carboxylic acids is 1. The van der Waals surface area contributed by atoms with Gasteiger partial charge in [-0.05, 0) is 29.7 Å². The molecule has 0 saturated heterocycles. The summed E-state index contributed by atoms with van der Waals surface area (Å²) in [6, 6.07) is 5.64. The van der Waals surface area contributed by atoms with Crippen molar-refractivity contribution in [3.05, 3.63) is 41.2 Å². The van der Waals surface area contributed by atoms with Crippen LogP contribution in [-0.2, 0) is 22.6 Å². The van der Waals surface area contributed by atoms with Crippen molar-refractivity contribution in [3.8, 4) is 5.75 Å². The Balaban J connectivity index is 2.03. The number of carboxylic acid groups (broad SMARTS) is 1. The number of ether oxygens (including phenoxy) is 1. The molecule has 130 valence electrons. The second-order valence-corrected chi connectivity index (χ2v) is 5.69. The van der Waals surface area contributed by atoms with Crippen molar-refractivity contribution in [1.29, 1.82) is 0 Å². The topological polar surface area (TPSA) is 114 Å². The molecule has 0 aliphatic carbocycles. The van der Waals surface area contributed by atoms with Crippen LogP contribution in [0.3, 0.4) is 0 Å². The van der Waals surface area contributed by atoms with Crippen LogP contribution in [0.5, 0.6) is 5.75 Å². The van der Waals surface area contributed by atoms with E-state index < -0.39 is 11.9 Å². The summed E-state index contributed by atoms with van der Waals surface area (Å²) in [6.07, 6.45) is 2.44. The van der Waals surface area contributed by atoms with Gasteiger partial charge < -0.3 is 26.2 Å². The van der Waals surface area contributed by atoms with Gasteiger partial charge >= 0.3 is 5.97 Å². The molecule has 1 aromatic rings. The lowest BCUT2D eigenvalue weighted by atomic mass is 9.94. The highest BCUT2D eigenvalue weighted by Gasteiger charge is 2.26. The van der Waals surface area contributed by atoms with Gasteiger partial charge in [-0.3, -0.25) is 9.59 Å². The second-order valence-electron chi connectivity index (χ2n) is 5.69. The number of carbonyl (C=O) groups is 2. The van der Waals surface area contributed by atoms with E-state index >= 15 is 0 Å². The molecule has 0 radical (unpaired) electrons. The second kappa shape index (κ2) is 8.24. The Morgan fingerprint density at radius 1 is 1.50 bits per heavy atom. The molecule has 1 aliphatic heterocycles. The lowest BCUT2D eigenvalue weighted by Gasteiger charge is -2.12. The number of hydrogen-bond donors (Lipinski definition) is 4. The zero-order chi connectivity index (χ0) is 17.5. The highest BCUT2D eigenvalue weighted by molar-refractivity contribution is 5.84. The largest absolute Gasteiger partial charge is 0.493 e. The van der Waals surface area contributed by atoms with Gasteiger partial charge in [-0.2, -0.15) is 0 Å². The summed E-state index contributed by atoms with van der Waals surface area (Å²) < 4.78 is 5.72. The van der Waals surface area contributed by atoms with Crippen LogP contribution in [0.2, 0.25) is 0 Å². The average molecular weight is 333 g/mol. The highest BCUT2D eigenvalue weighted by atomic mass is 16.5. The number of fused-ring (bicyclic) bond motifs is 1. The van der Waals surface area contributed by atoms with Crippen molar-refractivity contribution in [2.75, 3.05) is 13.7 Å². The molecule has 1 aliphatic rings. The summed E-state index contributed by atoms with van der Waals surface area (Å²) >= 11 is 0. The number of nitrogens with two attached hydrogens (primary N) is 1. The van der Waals surface area contributed by atoms with Gasteiger partial charge in [0.05, 0.1) is 18.9 Å². The first-order valence-electron chi connectivity index (χ1n) is 7.86.